The van der Waals surface area contributed by atoms with Crippen molar-refractivity contribution in [1.82, 2.24) is 0 Å². The maximum Gasteiger partial charge on any atom is 0 e. The molecule has 0 aromatic heterocycles. The van der Waals surface area contributed by atoms with Gasteiger partial charge in [-0.25, -0.2) is 0 Å². The first-order valence-electron chi connectivity index (χ1n) is 4.38. The number of aliphatic carboxylic acids is 1. The summed E-state index contributed by atoms with van der Waals surface area (Å²) < 4.78 is 22.5. The van der Waals surface area contributed by atoms with Crippen molar-refractivity contribution >= 4 is 5.97 Å². The molecule has 0 heterocycles. The van der Waals surface area contributed by atoms with Gasteiger partial charge in [-0.15, -0.1) is 0 Å². The van der Waals surface area contributed by atoms with Crippen molar-refractivity contribution in [3.63, 3.8) is 0 Å². The van der Waals surface area contributed by atoms with Crippen LogP contribution < -0.4 is 0 Å². The third-order valence-electron chi connectivity index (χ3n) is 1.20. The minimum atomic E-state index is -0.718. The Bertz CT molecular complexity index is 184. The van der Waals surface area contributed by atoms with Crippen LogP contribution in [0.1, 0.15) is 26.2 Å². The van der Waals surface area contributed by atoms with E-state index in [2.05, 4.69) is 20.0 Å². The summed E-state index contributed by atoms with van der Waals surface area (Å²) in [6, 6.07) is 0. The van der Waals surface area contributed by atoms with Crippen molar-refractivity contribution in [3.8, 4) is 0 Å². The molecule has 0 unspecified atom stereocenters. The zero-order chi connectivity index (χ0) is 14.5. The van der Waals surface area contributed by atoms with Crippen molar-refractivity contribution in [1.29, 1.82) is 0 Å². The number of unbranched alkanes of at least 4 members (excludes halogenated alkanes) is 5. The molecule has 18 heavy (non-hydrogen) atoms. The third kappa shape index (κ3) is 59.1. The molecule has 6 heteroatoms. The minimum Gasteiger partial charge on any atom is 0 e. The molecule has 0 aromatic rings. The van der Waals surface area contributed by atoms with E-state index in [1.54, 1.807) is 0 Å². The Balaban J connectivity index is -0.0000000700. The van der Waals surface area contributed by atoms with E-state index in [1.165, 1.54) is 0 Å². The summed E-state index contributed by atoms with van der Waals surface area (Å²) >= 11 is 0. The summed E-state index contributed by atoms with van der Waals surface area (Å²) in [5.41, 5.74) is 0. The topological polar surface area (TPSA) is 97.0 Å². The first-order chi connectivity index (χ1) is 8.27. The average Bonchev–Trinajstić information content (AvgIpc) is 2.40. The van der Waals surface area contributed by atoms with Crippen LogP contribution >= 0.6 is 0 Å². The second-order valence-electron chi connectivity index (χ2n) is 2.24. The Morgan fingerprint density at radius 1 is 1.11 bits per heavy atom. The van der Waals surface area contributed by atoms with Crippen LogP contribution in [0.3, 0.4) is 0 Å². The summed E-state index contributed by atoms with van der Waals surface area (Å²) in [4.78, 5) is 10.1. The van der Waals surface area contributed by atoms with Crippen molar-refractivity contribution in [2.24, 2.45) is 0 Å². The predicted octanol–water partition coefficient (Wildman–Crippen LogP) is 1.96. The van der Waals surface area contributed by atoms with Gasteiger partial charge in [-0.05, 0) is 38.5 Å². The van der Waals surface area contributed by atoms with E-state index in [0.717, 1.165) is 12.8 Å². The first-order valence-corrected chi connectivity index (χ1v) is 4.38. The van der Waals surface area contributed by atoms with Crippen LogP contribution in [-0.4, -0.2) is 11.1 Å². The van der Waals surface area contributed by atoms with E-state index in [-0.39, 0.29) is 23.5 Å². The Kier molecular flexibility index (Phi) is 74.5. The zero-order valence-electron chi connectivity index (χ0n) is 9.86. The fraction of sp³-hybridized carbons (Fsp3) is 0.333. The average molecular weight is 294 g/mol. The Morgan fingerprint density at radius 3 is 1.89 bits per heavy atom. The van der Waals surface area contributed by atoms with E-state index in [1.807, 2.05) is 32.6 Å². The van der Waals surface area contributed by atoms with Gasteiger partial charge in [-0.1, -0.05) is 6.92 Å². The number of carboxylic acids is 1. The fourth-order valence-corrected chi connectivity index (χ4v) is 0.657. The molecule has 0 rings (SSSR count). The molecule has 0 amide bonds. The van der Waals surface area contributed by atoms with Gasteiger partial charge in [-0.2, -0.15) is 0 Å². The van der Waals surface area contributed by atoms with Crippen LogP contribution in [0.25, 0.3) is 0 Å². The summed E-state index contributed by atoms with van der Waals surface area (Å²) in [5.74, 6) is -0.718. The number of carbonyl (C=O) groups is 1. The Morgan fingerprint density at radius 2 is 1.56 bits per heavy atom. The summed E-state index contributed by atoms with van der Waals surface area (Å²) in [6.07, 6.45) is 9.61. The van der Waals surface area contributed by atoms with Crippen LogP contribution in [0.2, 0.25) is 0 Å². The van der Waals surface area contributed by atoms with Crippen LogP contribution in [0.5, 0.6) is 0 Å². The monoisotopic (exact) mass is 294 g/mol. The van der Waals surface area contributed by atoms with E-state index in [0.29, 0.717) is 0 Å². The smallest absolute Gasteiger partial charge is 0 e. The van der Waals surface area contributed by atoms with Gasteiger partial charge in [0.25, 0.3) is 0 Å². The van der Waals surface area contributed by atoms with E-state index >= 15 is 0 Å². The van der Waals surface area contributed by atoms with Gasteiger partial charge in [0, 0.05) is 23.5 Å². The molecule has 0 atom stereocenters. The van der Waals surface area contributed by atoms with Crippen molar-refractivity contribution < 1.29 is 40.9 Å². The van der Waals surface area contributed by atoms with E-state index in [4.69, 9.17) is 19.1 Å². The molecule has 5 nitrogen and oxygen atoms in total. The molecule has 0 aliphatic carbocycles. The third-order valence-corrected chi connectivity index (χ3v) is 1.20. The van der Waals surface area contributed by atoms with Crippen molar-refractivity contribution in [2.45, 2.75) is 26.2 Å². The molecule has 0 aromatic carbocycles. The molecular weight excluding hydrogens is 280 g/mol. The van der Waals surface area contributed by atoms with Gasteiger partial charge in [0.05, 0.1) is 0 Å². The van der Waals surface area contributed by atoms with Crippen LogP contribution in [0.15, 0.2) is 0 Å². The summed E-state index contributed by atoms with van der Waals surface area (Å²) in [5, 5.41) is 8.28. The molecule has 0 aliphatic rings. The molecule has 0 bridgehead atoms. The van der Waals surface area contributed by atoms with Gasteiger partial charge in [0.1, 0.15) is 0 Å². The van der Waals surface area contributed by atoms with E-state index in [9.17, 15) is 4.79 Å². The van der Waals surface area contributed by atoms with Crippen molar-refractivity contribution in [2.75, 3.05) is 0 Å². The number of rotatable bonds is 7. The number of hydrogen-bond donors (Lipinski definition) is 1. The van der Waals surface area contributed by atoms with Gasteiger partial charge < -0.3 is 5.11 Å². The second-order valence-corrected chi connectivity index (χ2v) is 2.24. The molecule has 0 saturated carbocycles. The summed E-state index contributed by atoms with van der Waals surface area (Å²) in [6.45, 7) is 15.4. The maximum absolute atomic E-state index is 10.1. The molecule has 0 spiro atoms. The standard InChI is InChI=1S/C9H14O2.3CO.Fe/c1-2-3-4-5-6-7-8-9(10)11;3*1-2;/h2-5H,6-8H2,1H3,(H,10,11);;;;. The van der Waals surface area contributed by atoms with Gasteiger partial charge in [-0.3, -0.25) is 4.79 Å². The van der Waals surface area contributed by atoms with Crippen LogP contribution in [-0.2, 0) is 35.8 Å². The number of carboxylic acid groups (broad SMARTS) is 1. The minimum absolute atomic E-state index is 0. The molecule has 1 N–H and O–H groups in total. The normalized spacial score (nSPS) is 6.39. The SMILES string of the molecule is C[CH][CH][CH][CH]CCCC(=O)O.[C-]#[O+].[C-]#[O+].[C-]#[O+].[Fe]. The number of hydrogen-bond acceptors (Lipinski definition) is 1. The second kappa shape index (κ2) is 44.2. The Hall–Kier alpha value is -0.791. The quantitative estimate of drug-likeness (QED) is 0.336. The molecule has 100 valence electrons. The maximum atomic E-state index is 10.1. The fourth-order valence-electron chi connectivity index (χ4n) is 0.657. The van der Waals surface area contributed by atoms with Gasteiger partial charge in [0.2, 0.25) is 0 Å². The van der Waals surface area contributed by atoms with E-state index < -0.39 is 5.97 Å². The molecule has 4 radical (unpaired) electrons. The zero-order valence-corrected chi connectivity index (χ0v) is 11.0. The van der Waals surface area contributed by atoms with Gasteiger partial charge >= 0.3 is 39.9 Å². The predicted molar refractivity (Wildman–Crippen MR) is 56.1 cm³/mol. The van der Waals surface area contributed by atoms with Gasteiger partial charge in [0.15, 0.2) is 0 Å². The largest absolute Gasteiger partial charge is 0 e. The molecular formula is C12H14FeO5. The van der Waals surface area contributed by atoms with Crippen LogP contribution in [0.4, 0.5) is 0 Å². The Labute approximate surface area is 119 Å². The summed E-state index contributed by atoms with van der Waals surface area (Å²) in [7, 11) is 0. The van der Waals surface area contributed by atoms with Crippen molar-refractivity contribution in [3.05, 3.63) is 45.6 Å². The first kappa shape index (κ1) is 30.3. The molecule has 0 saturated heterocycles. The van der Waals surface area contributed by atoms with Crippen LogP contribution in [0, 0.1) is 45.6 Å². The molecule has 0 fully saturated rings. The molecule has 0 aliphatic heterocycles.